The average molecular weight is 321 g/mol. The van der Waals surface area contributed by atoms with Crippen molar-refractivity contribution in [2.75, 3.05) is 59.0 Å². The molecule has 0 spiro atoms. The van der Waals surface area contributed by atoms with Crippen molar-refractivity contribution in [2.24, 2.45) is 0 Å². The second kappa shape index (κ2) is 7.42. The number of carbonyl (C=O) groups excluding carboxylic acids is 1. The molecule has 0 unspecified atom stereocenters. The van der Waals surface area contributed by atoms with E-state index in [2.05, 4.69) is 26.7 Å². The van der Waals surface area contributed by atoms with Gasteiger partial charge in [0.25, 0.3) is 0 Å². The van der Waals surface area contributed by atoms with Gasteiger partial charge in [0.2, 0.25) is 5.91 Å². The summed E-state index contributed by atoms with van der Waals surface area (Å²) in [6.45, 7) is 11.7. The van der Waals surface area contributed by atoms with Crippen molar-refractivity contribution in [3.63, 3.8) is 0 Å². The first-order valence-electron chi connectivity index (χ1n) is 8.51. The van der Waals surface area contributed by atoms with Gasteiger partial charge in [0.05, 0.1) is 19.7 Å². The lowest BCUT2D eigenvalue weighted by Gasteiger charge is -2.36. The van der Waals surface area contributed by atoms with Crippen LogP contribution in [0.15, 0.2) is 6.20 Å². The SMILES string of the molecule is CCN1CCN(CC(=O)N2CCO[C@@H](c3ncc(C)[nH]3)C2)CC1. The first-order valence-corrected chi connectivity index (χ1v) is 8.51. The third-order valence-electron chi connectivity index (χ3n) is 4.72. The highest BCUT2D eigenvalue weighted by molar-refractivity contribution is 5.78. The normalized spacial score (nSPS) is 24.1. The van der Waals surface area contributed by atoms with Gasteiger partial charge < -0.3 is 19.5 Å². The highest BCUT2D eigenvalue weighted by Crippen LogP contribution is 2.20. The molecule has 0 radical (unpaired) electrons. The van der Waals surface area contributed by atoms with Crippen molar-refractivity contribution in [3.8, 4) is 0 Å². The molecule has 2 aliphatic rings. The van der Waals surface area contributed by atoms with Crippen molar-refractivity contribution >= 4 is 5.91 Å². The molecule has 1 N–H and O–H groups in total. The highest BCUT2D eigenvalue weighted by atomic mass is 16.5. The molecular weight excluding hydrogens is 294 g/mol. The van der Waals surface area contributed by atoms with Gasteiger partial charge in [0.15, 0.2) is 0 Å². The predicted octanol–water partition coefficient (Wildman–Crippen LogP) is 0.256. The maximum absolute atomic E-state index is 12.6. The number of hydrogen-bond donors (Lipinski definition) is 1. The third-order valence-corrected chi connectivity index (χ3v) is 4.72. The molecule has 1 atom stereocenters. The summed E-state index contributed by atoms with van der Waals surface area (Å²) in [4.78, 5) is 26.7. The number of carbonyl (C=O) groups is 1. The maximum Gasteiger partial charge on any atom is 0.236 e. The fraction of sp³-hybridized carbons (Fsp3) is 0.750. The lowest BCUT2D eigenvalue weighted by Crippen LogP contribution is -2.51. The summed E-state index contributed by atoms with van der Waals surface area (Å²) in [5.41, 5.74) is 1.01. The minimum Gasteiger partial charge on any atom is -0.367 e. The van der Waals surface area contributed by atoms with E-state index in [1.807, 2.05) is 11.8 Å². The number of nitrogens with one attached hydrogen (secondary N) is 1. The van der Waals surface area contributed by atoms with Crippen LogP contribution in [-0.4, -0.2) is 89.5 Å². The van der Waals surface area contributed by atoms with Crippen LogP contribution in [0, 0.1) is 6.92 Å². The molecule has 23 heavy (non-hydrogen) atoms. The van der Waals surface area contributed by atoms with Gasteiger partial charge in [-0.15, -0.1) is 0 Å². The number of aromatic nitrogens is 2. The van der Waals surface area contributed by atoms with Crippen LogP contribution >= 0.6 is 0 Å². The Hall–Kier alpha value is -1.44. The number of hydrogen-bond acceptors (Lipinski definition) is 5. The third kappa shape index (κ3) is 4.10. The molecule has 2 aliphatic heterocycles. The van der Waals surface area contributed by atoms with E-state index in [4.69, 9.17) is 4.74 Å². The number of amides is 1. The first kappa shape index (κ1) is 16.4. The number of H-pyrrole nitrogens is 1. The molecule has 7 heteroatoms. The first-order chi connectivity index (χ1) is 11.2. The maximum atomic E-state index is 12.6. The van der Waals surface area contributed by atoms with E-state index in [1.165, 1.54) is 0 Å². The van der Waals surface area contributed by atoms with Gasteiger partial charge in [-0.05, 0) is 13.5 Å². The van der Waals surface area contributed by atoms with Crippen molar-refractivity contribution in [1.29, 1.82) is 0 Å². The van der Waals surface area contributed by atoms with Crippen molar-refractivity contribution in [3.05, 3.63) is 17.7 Å². The van der Waals surface area contributed by atoms with Crippen molar-refractivity contribution in [1.82, 2.24) is 24.7 Å². The van der Waals surface area contributed by atoms with Gasteiger partial charge in [-0.2, -0.15) is 0 Å². The molecule has 1 aromatic rings. The van der Waals surface area contributed by atoms with E-state index in [0.29, 0.717) is 26.2 Å². The Morgan fingerprint density at radius 2 is 2.04 bits per heavy atom. The summed E-state index contributed by atoms with van der Waals surface area (Å²) in [5.74, 6) is 1.02. The summed E-state index contributed by atoms with van der Waals surface area (Å²) in [6.07, 6.45) is 1.66. The van der Waals surface area contributed by atoms with E-state index in [-0.39, 0.29) is 12.0 Å². The van der Waals surface area contributed by atoms with Gasteiger partial charge >= 0.3 is 0 Å². The number of ether oxygens (including phenoxy) is 1. The molecule has 128 valence electrons. The van der Waals surface area contributed by atoms with E-state index in [9.17, 15) is 4.79 Å². The zero-order valence-electron chi connectivity index (χ0n) is 14.1. The standard InChI is InChI=1S/C16H27N5O2/c1-3-19-4-6-20(7-5-19)12-15(22)21-8-9-23-14(11-21)16-17-10-13(2)18-16/h10,14H,3-9,11-12H2,1-2H3,(H,17,18)/t14-/m1/s1. The average Bonchev–Trinajstić information content (AvgIpc) is 3.02. The molecular formula is C16H27N5O2. The number of imidazole rings is 1. The number of likely N-dealkylation sites (N-methyl/N-ethyl adjacent to an activating group) is 1. The lowest BCUT2D eigenvalue weighted by molar-refractivity contribution is -0.140. The summed E-state index contributed by atoms with van der Waals surface area (Å²) in [6, 6.07) is 0. The van der Waals surface area contributed by atoms with Crippen LogP contribution in [0.5, 0.6) is 0 Å². The van der Waals surface area contributed by atoms with Crippen LogP contribution in [0.1, 0.15) is 24.5 Å². The van der Waals surface area contributed by atoms with Crippen LogP contribution in [0.25, 0.3) is 0 Å². The lowest BCUT2D eigenvalue weighted by atomic mass is 10.2. The second-order valence-electron chi connectivity index (χ2n) is 6.36. The Kier molecular flexibility index (Phi) is 5.30. The molecule has 3 rings (SSSR count). The van der Waals surface area contributed by atoms with E-state index in [1.54, 1.807) is 6.20 Å². The summed E-state index contributed by atoms with van der Waals surface area (Å²) in [7, 11) is 0. The Balaban J connectivity index is 1.51. The molecule has 1 amide bonds. The number of aryl methyl sites for hydroxylation is 1. The largest absolute Gasteiger partial charge is 0.367 e. The van der Waals surface area contributed by atoms with Crippen molar-refractivity contribution in [2.45, 2.75) is 20.0 Å². The Morgan fingerprint density at radius 1 is 1.30 bits per heavy atom. The fourth-order valence-corrected chi connectivity index (χ4v) is 3.19. The van der Waals surface area contributed by atoms with Gasteiger partial charge in [-0.1, -0.05) is 6.92 Å². The summed E-state index contributed by atoms with van der Waals surface area (Å²) < 4.78 is 5.77. The number of morpholine rings is 1. The molecule has 3 heterocycles. The number of piperazine rings is 1. The van der Waals surface area contributed by atoms with Gasteiger partial charge in [0.1, 0.15) is 11.9 Å². The van der Waals surface area contributed by atoms with Gasteiger partial charge in [-0.3, -0.25) is 9.69 Å². The molecule has 0 bridgehead atoms. The van der Waals surface area contributed by atoms with Crippen LogP contribution < -0.4 is 0 Å². The van der Waals surface area contributed by atoms with Crippen LogP contribution in [0.2, 0.25) is 0 Å². The molecule has 0 saturated carbocycles. The van der Waals surface area contributed by atoms with Crippen molar-refractivity contribution < 1.29 is 9.53 Å². The zero-order valence-corrected chi connectivity index (χ0v) is 14.1. The number of rotatable bonds is 4. The molecule has 2 fully saturated rings. The molecule has 0 aromatic carbocycles. The predicted molar refractivity (Wildman–Crippen MR) is 87.2 cm³/mol. The fourth-order valence-electron chi connectivity index (χ4n) is 3.19. The molecule has 2 saturated heterocycles. The molecule has 1 aromatic heterocycles. The monoisotopic (exact) mass is 321 g/mol. The number of nitrogens with zero attached hydrogens (tertiary/aromatic N) is 4. The van der Waals surface area contributed by atoms with E-state index >= 15 is 0 Å². The van der Waals surface area contributed by atoms with Gasteiger partial charge in [0, 0.05) is 44.6 Å². The minimum absolute atomic E-state index is 0.140. The van der Waals surface area contributed by atoms with Crippen LogP contribution in [0.3, 0.4) is 0 Å². The zero-order chi connectivity index (χ0) is 16.2. The number of aromatic amines is 1. The topological polar surface area (TPSA) is 64.7 Å². The smallest absolute Gasteiger partial charge is 0.236 e. The summed E-state index contributed by atoms with van der Waals surface area (Å²) in [5, 5.41) is 0. The summed E-state index contributed by atoms with van der Waals surface area (Å²) >= 11 is 0. The molecule has 7 nitrogen and oxygen atoms in total. The van der Waals surface area contributed by atoms with Gasteiger partial charge in [-0.25, -0.2) is 4.98 Å². The minimum atomic E-state index is -0.140. The quantitative estimate of drug-likeness (QED) is 0.861. The van der Waals surface area contributed by atoms with E-state index in [0.717, 1.165) is 44.2 Å². The molecule has 0 aliphatic carbocycles. The Morgan fingerprint density at radius 3 is 2.70 bits per heavy atom. The second-order valence-corrected chi connectivity index (χ2v) is 6.36. The van der Waals surface area contributed by atoms with E-state index < -0.39 is 0 Å². The Labute approximate surface area is 137 Å². The van der Waals surface area contributed by atoms with Crippen LogP contribution in [-0.2, 0) is 9.53 Å². The highest BCUT2D eigenvalue weighted by Gasteiger charge is 2.28. The van der Waals surface area contributed by atoms with Crippen LogP contribution in [0.4, 0.5) is 0 Å². The Bertz CT molecular complexity index is 524.